The van der Waals surface area contributed by atoms with Crippen LogP contribution in [-0.4, -0.2) is 42.3 Å². The number of thiophene rings is 1. The van der Waals surface area contributed by atoms with E-state index in [2.05, 4.69) is 20.2 Å². The molecule has 0 radical (unpaired) electrons. The smallest absolute Gasteiger partial charge is 0.368 e. The fourth-order valence-corrected chi connectivity index (χ4v) is 4.99. The maximum Gasteiger partial charge on any atom is 0.392 e. The van der Waals surface area contributed by atoms with Gasteiger partial charge in [0.05, 0.1) is 16.1 Å². The van der Waals surface area contributed by atoms with Gasteiger partial charge >= 0.3 is 6.18 Å². The Kier molecular flexibility index (Phi) is 4.23. The zero-order valence-electron chi connectivity index (χ0n) is 13.7. The van der Waals surface area contributed by atoms with E-state index in [1.54, 1.807) is 0 Å². The topological polar surface area (TPSA) is 67.1 Å². The number of nitrogens with two attached hydrogens (primary N) is 1. The van der Waals surface area contributed by atoms with Gasteiger partial charge in [-0.15, -0.1) is 11.3 Å². The summed E-state index contributed by atoms with van der Waals surface area (Å²) in [6.45, 7) is 3.46. The summed E-state index contributed by atoms with van der Waals surface area (Å²) in [5.74, 6) is -0.386. The molecule has 1 fully saturated rings. The van der Waals surface area contributed by atoms with Crippen LogP contribution < -0.4 is 16.0 Å². The van der Waals surface area contributed by atoms with E-state index >= 15 is 0 Å². The van der Waals surface area contributed by atoms with Gasteiger partial charge in [0.25, 0.3) is 0 Å². The summed E-state index contributed by atoms with van der Waals surface area (Å²) in [4.78, 5) is 11.9. The average Bonchev–Trinajstić information content (AvgIpc) is 2.74. The van der Waals surface area contributed by atoms with E-state index in [0.29, 0.717) is 11.9 Å². The Morgan fingerprint density at radius 2 is 2.04 bits per heavy atom. The predicted octanol–water partition coefficient (Wildman–Crippen LogP) is 2.74. The van der Waals surface area contributed by atoms with E-state index in [1.165, 1.54) is 11.3 Å². The van der Waals surface area contributed by atoms with E-state index < -0.39 is 12.1 Å². The number of nitrogen functional groups attached to an aromatic ring is 1. The van der Waals surface area contributed by atoms with Gasteiger partial charge in [0.1, 0.15) is 0 Å². The lowest BCUT2D eigenvalue weighted by Crippen LogP contribution is -2.29. The molecule has 3 heterocycles. The number of halogens is 3. The summed E-state index contributed by atoms with van der Waals surface area (Å²) >= 11 is 1.54. The molecule has 3 N–H and O–H groups in total. The number of anilines is 2. The number of hydrogen-bond donors (Lipinski definition) is 2. The zero-order chi connectivity index (χ0) is 17.6. The third kappa shape index (κ3) is 3.15. The van der Waals surface area contributed by atoms with Crippen LogP contribution in [0.15, 0.2) is 0 Å². The Labute approximate surface area is 147 Å². The number of hydrogen-bond acceptors (Lipinski definition) is 6. The molecule has 1 unspecified atom stereocenters. The number of aromatic nitrogens is 2. The maximum atomic E-state index is 13.2. The third-order valence-corrected chi connectivity index (χ3v) is 6.26. The molecule has 1 saturated heterocycles. The van der Waals surface area contributed by atoms with Crippen LogP contribution in [0.1, 0.15) is 23.3 Å². The Morgan fingerprint density at radius 3 is 2.84 bits per heavy atom. The van der Waals surface area contributed by atoms with Crippen LogP contribution in [0.4, 0.5) is 24.9 Å². The molecule has 0 saturated carbocycles. The number of rotatable bonds is 1. The van der Waals surface area contributed by atoms with Crippen molar-refractivity contribution in [1.29, 1.82) is 0 Å². The predicted molar refractivity (Wildman–Crippen MR) is 93.1 cm³/mol. The number of fused-ring (bicyclic) bond motifs is 3. The minimum absolute atomic E-state index is 0.00369. The fourth-order valence-electron chi connectivity index (χ4n) is 3.69. The summed E-state index contributed by atoms with van der Waals surface area (Å²) in [5.41, 5.74) is 7.24. The van der Waals surface area contributed by atoms with Crippen molar-refractivity contribution < 1.29 is 13.2 Å². The lowest BCUT2D eigenvalue weighted by atomic mass is 9.87. The highest BCUT2D eigenvalue weighted by Gasteiger charge is 2.42. The zero-order valence-corrected chi connectivity index (χ0v) is 14.5. The molecule has 0 aromatic carbocycles. The van der Waals surface area contributed by atoms with Gasteiger partial charge in [-0.1, -0.05) is 0 Å². The van der Waals surface area contributed by atoms with Crippen molar-refractivity contribution in [3.63, 3.8) is 0 Å². The highest BCUT2D eigenvalue weighted by atomic mass is 32.1. The molecule has 2 aromatic rings. The van der Waals surface area contributed by atoms with Crippen molar-refractivity contribution in [2.24, 2.45) is 5.92 Å². The first-order valence-corrected chi connectivity index (χ1v) is 9.35. The molecule has 2 aliphatic rings. The van der Waals surface area contributed by atoms with Gasteiger partial charge in [-0.2, -0.15) is 18.2 Å². The molecule has 1 atom stereocenters. The molecular weight excluding hydrogens is 351 g/mol. The van der Waals surface area contributed by atoms with Gasteiger partial charge in [-0.25, -0.2) is 4.98 Å². The Morgan fingerprint density at radius 1 is 1.20 bits per heavy atom. The molecule has 0 spiro atoms. The molecule has 136 valence electrons. The summed E-state index contributed by atoms with van der Waals surface area (Å²) in [6.07, 6.45) is -2.58. The fraction of sp³-hybridized carbons (Fsp3) is 0.625. The van der Waals surface area contributed by atoms with Crippen molar-refractivity contribution in [1.82, 2.24) is 15.3 Å². The van der Waals surface area contributed by atoms with Crippen molar-refractivity contribution in [2.75, 3.05) is 36.8 Å². The largest absolute Gasteiger partial charge is 0.392 e. The van der Waals surface area contributed by atoms with Crippen LogP contribution in [0.3, 0.4) is 0 Å². The molecule has 0 amide bonds. The SMILES string of the molecule is Nc1nc(N2CCCNCC2)c2sc3c(c2n1)CC(C(F)(F)F)CC3. The van der Waals surface area contributed by atoms with Crippen molar-refractivity contribution in [2.45, 2.75) is 31.9 Å². The minimum atomic E-state index is -4.16. The molecule has 1 aliphatic carbocycles. The van der Waals surface area contributed by atoms with Crippen molar-refractivity contribution >= 4 is 33.3 Å². The van der Waals surface area contributed by atoms with E-state index in [-0.39, 0.29) is 18.8 Å². The van der Waals surface area contributed by atoms with Crippen molar-refractivity contribution in [3.8, 4) is 0 Å². The number of nitrogens with zero attached hydrogens (tertiary/aromatic N) is 3. The van der Waals surface area contributed by atoms with E-state index in [0.717, 1.165) is 53.6 Å². The van der Waals surface area contributed by atoms with Gasteiger partial charge in [0.2, 0.25) is 5.95 Å². The second-order valence-corrected chi connectivity index (χ2v) is 7.76. The third-order valence-electron chi connectivity index (χ3n) is 4.99. The monoisotopic (exact) mass is 371 g/mol. The lowest BCUT2D eigenvalue weighted by molar-refractivity contribution is -0.176. The van der Waals surface area contributed by atoms with Crippen LogP contribution in [0.2, 0.25) is 0 Å². The first kappa shape index (κ1) is 16.8. The lowest BCUT2D eigenvalue weighted by Gasteiger charge is -2.24. The quantitative estimate of drug-likeness (QED) is 0.807. The van der Waals surface area contributed by atoms with E-state index in [4.69, 9.17) is 5.73 Å². The average molecular weight is 371 g/mol. The summed E-state index contributed by atoms with van der Waals surface area (Å²) < 4.78 is 40.4. The number of aryl methyl sites for hydroxylation is 1. The molecule has 0 bridgehead atoms. The Balaban J connectivity index is 1.78. The molecule has 4 rings (SSSR count). The second kappa shape index (κ2) is 6.28. The summed E-state index contributed by atoms with van der Waals surface area (Å²) in [6, 6.07) is 0. The van der Waals surface area contributed by atoms with E-state index in [9.17, 15) is 13.2 Å². The highest BCUT2D eigenvalue weighted by Crippen LogP contribution is 2.44. The van der Waals surface area contributed by atoms with Crippen LogP contribution in [-0.2, 0) is 12.8 Å². The Bertz CT molecular complexity index is 780. The van der Waals surface area contributed by atoms with E-state index in [1.807, 2.05) is 0 Å². The normalized spacial score (nSPS) is 22.0. The standard InChI is InChI=1S/C16H20F3N5S/c17-16(18,19)9-2-3-11-10(8-9)12-13(25-11)14(23-15(20)22-12)24-6-1-4-21-5-7-24/h9,21H,1-8H2,(H2,20,22,23). The second-order valence-electron chi connectivity index (χ2n) is 6.66. The van der Waals surface area contributed by atoms with Gasteiger partial charge in [-0.05, 0) is 37.8 Å². The highest BCUT2D eigenvalue weighted by molar-refractivity contribution is 7.19. The molecule has 2 aromatic heterocycles. The minimum Gasteiger partial charge on any atom is -0.368 e. The number of nitrogens with one attached hydrogen (secondary N) is 1. The molecule has 1 aliphatic heterocycles. The van der Waals surface area contributed by atoms with Gasteiger partial charge in [-0.3, -0.25) is 0 Å². The van der Waals surface area contributed by atoms with Crippen LogP contribution >= 0.6 is 11.3 Å². The summed E-state index contributed by atoms with van der Waals surface area (Å²) in [7, 11) is 0. The first-order valence-electron chi connectivity index (χ1n) is 8.53. The van der Waals surface area contributed by atoms with Crippen molar-refractivity contribution in [3.05, 3.63) is 10.4 Å². The van der Waals surface area contributed by atoms with Gasteiger partial charge < -0.3 is 16.0 Å². The van der Waals surface area contributed by atoms with Gasteiger partial charge in [0, 0.05) is 24.5 Å². The maximum absolute atomic E-state index is 13.2. The van der Waals surface area contributed by atoms with Crippen LogP contribution in [0, 0.1) is 5.92 Å². The first-order chi connectivity index (χ1) is 11.9. The summed E-state index contributed by atoms with van der Waals surface area (Å²) in [5, 5.41) is 3.34. The number of alkyl halides is 3. The molecular formula is C16H20F3N5S. The van der Waals surface area contributed by atoms with Gasteiger partial charge in [0.15, 0.2) is 5.82 Å². The van der Waals surface area contributed by atoms with Crippen LogP contribution in [0.5, 0.6) is 0 Å². The van der Waals surface area contributed by atoms with Crippen LogP contribution in [0.25, 0.3) is 10.2 Å². The molecule has 9 heteroatoms. The Hall–Kier alpha value is -1.61. The molecule has 25 heavy (non-hydrogen) atoms. The molecule has 5 nitrogen and oxygen atoms in total.